The third-order valence-corrected chi connectivity index (χ3v) is 10.5. The average molecular weight is 663 g/mol. The number of aryl methyl sites for hydroxylation is 2. The van der Waals surface area contributed by atoms with E-state index in [9.17, 15) is 26.7 Å². The first-order valence-corrected chi connectivity index (χ1v) is 16.4. The molecule has 11 heteroatoms. The Morgan fingerprint density at radius 3 is 1.54 bits per heavy atom. The molecule has 2 aromatic heterocycles. The van der Waals surface area contributed by atoms with Gasteiger partial charge in [0.2, 0.25) is 0 Å². The Balaban J connectivity index is 0.000000241. The molecule has 0 aliphatic heterocycles. The second kappa shape index (κ2) is 14.2. The molecule has 0 bridgehead atoms. The number of methoxy groups -OCH3 is 1. The van der Waals surface area contributed by atoms with E-state index in [1.54, 1.807) is 72.8 Å². The minimum atomic E-state index is -3.91. The minimum absolute atomic E-state index is 0. The number of carbonyl (C=O) groups excluding carboxylic acids is 1. The number of ether oxygens (including phenoxy) is 1. The molecule has 0 saturated heterocycles. The van der Waals surface area contributed by atoms with Gasteiger partial charge in [0, 0.05) is 10.8 Å². The molecule has 0 unspecified atom stereocenters. The summed E-state index contributed by atoms with van der Waals surface area (Å²) in [4.78, 5) is 12.4. The van der Waals surface area contributed by atoms with Gasteiger partial charge in [-0.1, -0.05) is 74.5 Å². The lowest BCUT2D eigenvalue weighted by Gasteiger charge is -2.11. The highest BCUT2D eigenvalue weighted by atomic mass is 32.2. The van der Waals surface area contributed by atoms with Crippen LogP contribution in [-0.4, -0.2) is 43.0 Å². The SMILES string of the molecule is C.C.COC(=O)c1cc2cc(C)ccc2n1S(=O)(=O)c1ccccc1.Cc1ccc2c(c1)cc(CO)n2S(=O)(=O)c1ccccc1. The van der Waals surface area contributed by atoms with E-state index in [1.165, 1.54) is 29.3 Å². The highest BCUT2D eigenvalue weighted by molar-refractivity contribution is 7.90. The van der Waals surface area contributed by atoms with Gasteiger partial charge in [0.15, 0.2) is 0 Å². The van der Waals surface area contributed by atoms with Gasteiger partial charge in [0.1, 0.15) is 5.69 Å². The van der Waals surface area contributed by atoms with Gasteiger partial charge in [-0.25, -0.2) is 29.6 Å². The van der Waals surface area contributed by atoms with Crippen molar-refractivity contribution in [1.82, 2.24) is 7.94 Å². The second-order valence-electron chi connectivity index (χ2n) is 10.1. The topological polar surface area (TPSA) is 125 Å². The zero-order chi connectivity index (χ0) is 31.6. The van der Waals surface area contributed by atoms with Crippen molar-refractivity contribution in [3.8, 4) is 0 Å². The molecule has 0 spiro atoms. The maximum absolute atomic E-state index is 13.0. The first kappa shape index (κ1) is 35.8. The van der Waals surface area contributed by atoms with Gasteiger partial charge in [0.25, 0.3) is 20.0 Å². The Bertz CT molecular complexity index is 2200. The molecule has 0 atom stereocenters. The van der Waals surface area contributed by atoms with Gasteiger partial charge in [-0.3, -0.25) is 0 Å². The van der Waals surface area contributed by atoms with E-state index in [-0.39, 0.29) is 36.9 Å². The molecular weight excluding hydrogens is 625 g/mol. The van der Waals surface area contributed by atoms with Crippen LogP contribution in [0.2, 0.25) is 0 Å². The van der Waals surface area contributed by atoms with Crippen LogP contribution in [0.3, 0.4) is 0 Å². The number of benzene rings is 4. The highest BCUT2D eigenvalue weighted by Gasteiger charge is 2.27. The van der Waals surface area contributed by atoms with Crippen molar-refractivity contribution in [2.75, 3.05) is 7.11 Å². The predicted octanol–water partition coefficient (Wildman–Crippen LogP) is 6.92. The number of nitrogens with zero attached hydrogens (tertiary/aromatic N) is 2. The molecule has 242 valence electrons. The van der Waals surface area contributed by atoms with Crippen LogP contribution in [0.5, 0.6) is 0 Å². The summed E-state index contributed by atoms with van der Waals surface area (Å²) in [7, 11) is -6.40. The van der Waals surface area contributed by atoms with E-state index in [0.717, 1.165) is 20.5 Å². The standard InChI is InChI=1S/C17H15NO4S.C16H15NO3S.2CH4/c1-12-8-9-15-13(10-12)11-16(17(19)22-2)18(15)23(20,21)14-6-4-3-5-7-14;1-12-7-8-16-13(9-12)10-14(11-18)17(16)21(19,20)15-5-3-2-4-6-15;;/h3-11H,1-2H3;2-10,18H,11H2,1H3;2*1H4. The number of rotatable bonds is 6. The Morgan fingerprint density at radius 1 is 0.652 bits per heavy atom. The predicted molar refractivity (Wildman–Crippen MR) is 182 cm³/mol. The van der Waals surface area contributed by atoms with Crippen LogP contribution < -0.4 is 0 Å². The van der Waals surface area contributed by atoms with Crippen LogP contribution in [0, 0.1) is 13.8 Å². The fourth-order valence-corrected chi connectivity index (χ4v) is 8.05. The molecule has 0 amide bonds. The van der Waals surface area contributed by atoms with Crippen LogP contribution >= 0.6 is 0 Å². The van der Waals surface area contributed by atoms with Gasteiger partial charge >= 0.3 is 5.97 Å². The van der Waals surface area contributed by atoms with Gasteiger partial charge in [-0.15, -0.1) is 0 Å². The molecule has 6 rings (SSSR count). The van der Waals surface area contributed by atoms with Gasteiger partial charge in [0.05, 0.1) is 40.2 Å². The quantitative estimate of drug-likeness (QED) is 0.192. The Morgan fingerprint density at radius 2 is 1.09 bits per heavy atom. The van der Waals surface area contributed by atoms with Gasteiger partial charge in [-0.2, -0.15) is 0 Å². The summed E-state index contributed by atoms with van der Waals surface area (Å²) in [5, 5.41) is 11.0. The number of esters is 1. The van der Waals surface area contributed by atoms with Crippen molar-refractivity contribution in [1.29, 1.82) is 0 Å². The van der Waals surface area contributed by atoms with Crippen molar-refractivity contribution < 1.29 is 31.5 Å². The molecule has 0 aliphatic rings. The van der Waals surface area contributed by atoms with Crippen LogP contribution in [-0.2, 0) is 31.4 Å². The van der Waals surface area contributed by atoms with E-state index in [1.807, 2.05) is 32.0 Å². The lowest BCUT2D eigenvalue weighted by Crippen LogP contribution is -2.19. The Hall–Kier alpha value is -4.71. The molecule has 6 aromatic rings. The van der Waals surface area contributed by atoms with Gasteiger partial charge in [-0.05, 0) is 74.5 Å². The lowest BCUT2D eigenvalue weighted by atomic mass is 10.2. The molecule has 0 fully saturated rings. The molecule has 0 saturated carbocycles. The summed E-state index contributed by atoms with van der Waals surface area (Å²) in [5.74, 6) is -0.696. The van der Waals surface area contributed by atoms with Crippen LogP contribution in [0.15, 0.2) is 119 Å². The van der Waals surface area contributed by atoms with E-state index in [4.69, 9.17) is 4.74 Å². The van der Waals surface area contributed by atoms with E-state index in [0.29, 0.717) is 22.1 Å². The number of carbonyl (C=O) groups is 1. The summed E-state index contributed by atoms with van der Waals surface area (Å²) in [5.41, 5.74) is 3.38. The van der Waals surface area contributed by atoms with Crippen molar-refractivity contribution in [3.05, 3.63) is 132 Å². The molecular formula is C35H38N2O7S2. The number of aliphatic hydroxyl groups is 1. The summed E-state index contributed by atoms with van der Waals surface area (Å²) in [6, 6.07) is 30.4. The van der Waals surface area contributed by atoms with Crippen LogP contribution in [0.25, 0.3) is 21.8 Å². The molecule has 1 N–H and O–H groups in total. The van der Waals surface area contributed by atoms with Crippen LogP contribution in [0.4, 0.5) is 0 Å². The van der Waals surface area contributed by atoms with E-state index < -0.39 is 26.0 Å². The molecule has 4 aromatic carbocycles. The zero-order valence-electron chi connectivity index (χ0n) is 24.2. The molecule has 0 aliphatic carbocycles. The normalized spacial score (nSPS) is 11.2. The largest absolute Gasteiger partial charge is 0.464 e. The van der Waals surface area contributed by atoms with Crippen LogP contribution in [0.1, 0.15) is 42.2 Å². The first-order valence-electron chi connectivity index (χ1n) is 13.5. The third-order valence-electron chi connectivity index (χ3n) is 7.02. The van der Waals surface area contributed by atoms with E-state index >= 15 is 0 Å². The van der Waals surface area contributed by atoms with Crippen molar-refractivity contribution in [2.45, 2.75) is 45.1 Å². The summed E-state index contributed by atoms with van der Waals surface area (Å²) < 4.78 is 58.6. The monoisotopic (exact) mass is 662 g/mol. The number of aliphatic hydroxyl groups excluding tert-OH is 1. The molecule has 9 nitrogen and oxygen atoms in total. The summed E-state index contributed by atoms with van der Waals surface area (Å²) in [6.07, 6.45) is 0. The van der Waals surface area contributed by atoms with E-state index in [2.05, 4.69) is 0 Å². The fourth-order valence-electron chi connectivity index (χ4n) is 4.97. The molecule has 2 heterocycles. The fraction of sp³-hybridized carbons (Fsp3) is 0.171. The van der Waals surface area contributed by atoms with Crippen molar-refractivity contribution >= 4 is 47.8 Å². The van der Waals surface area contributed by atoms with Crippen molar-refractivity contribution in [2.24, 2.45) is 0 Å². The van der Waals surface area contributed by atoms with Gasteiger partial charge < -0.3 is 9.84 Å². The Kier molecular flexibility index (Phi) is 11.0. The summed E-state index contributed by atoms with van der Waals surface area (Å²) >= 11 is 0. The number of aromatic nitrogens is 2. The smallest absolute Gasteiger partial charge is 0.355 e. The molecule has 0 radical (unpaired) electrons. The number of fused-ring (bicyclic) bond motifs is 2. The molecule has 46 heavy (non-hydrogen) atoms. The maximum atomic E-state index is 13.0. The van der Waals surface area contributed by atoms with Crippen molar-refractivity contribution in [3.63, 3.8) is 0 Å². The Labute approximate surface area is 270 Å². The third kappa shape index (κ3) is 6.62. The number of hydrogen-bond donors (Lipinski definition) is 1. The second-order valence-corrected chi connectivity index (χ2v) is 13.7. The zero-order valence-corrected chi connectivity index (χ0v) is 25.8. The highest BCUT2D eigenvalue weighted by Crippen LogP contribution is 2.28. The lowest BCUT2D eigenvalue weighted by molar-refractivity contribution is 0.0593. The maximum Gasteiger partial charge on any atom is 0.355 e. The average Bonchev–Trinajstić information content (AvgIpc) is 3.60. The minimum Gasteiger partial charge on any atom is -0.464 e. The number of hydrogen-bond acceptors (Lipinski definition) is 7. The summed E-state index contributed by atoms with van der Waals surface area (Å²) in [6.45, 7) is 3.52. The first-order chi connectivity index (χ1) is 21.0.